The van der Waals surface area contributed by atoms with Crippen LogP contribution in [0.25, 0.3) is 0 Å². The first-order valence-electron chi connectivity index (χ1n) is 6.73. The van der Waals surface area contributed by atoms with E-state index in [-0.39, 0.29) is 23.5 Å². The van der Waals surface area contributed by atoms with Crippen LogP contribution in [-0.4, -0.2) is 10.7 Å². The van der Waals surface area contributed by atoms with Crippen LogP contribution < -0.4 is 0 Å². The Labute approximate surface area is 123 Å². The van der Waals surface area contributed by atoms with Crippen molar-refractivity contribution in [3.8, 4) is 0 Å². The Balaban J connectivity index is 2.39. The molecule has 108 valence electrons. The number of rotatable bonds is 4. The first-order valence-corrected chi connectivity index (χ1v) is 6.73. The van der Waals surface area contributed by atoms with Gasteiger partial charge in [0, 0.05) is 12.5 Å². The fourth-order valence-electron chi connectivity index (χ4n) is 2.29. The van der Waals surface area contributed by atoms with Crippen molar-refractivity contribution in [1.29, 1.82) is 0 Å². The molecule has 0 amide bonds. The van der Waals surface area contributed by atoms with Crippen LogP contribution in [0.15, 0.2) is 36.4 Å². The highest BCUT2D eigenvalue weighted by molar-refractivity contribution is 6.01. The fourth-order valence-corrected chi connectivity index (χ4v) is 2.29. The van der Waals surface area contributed by atoms with Crippen LogP contribution in [-0.2, 0) is 6.42 Å². The second kappa shape index (κ2) is 5.87. The molecule has 0 aliphatic carbocycles. The minimum Gasteiger partial charge on any atom is -0.294 e. The maximum Gasteiger partial charge on any atom is 0.280 e. The summed E-state index contributed by atoms with van der Waals surface area (Å²) in [6.07, 6.45) is 0.178. The van der Waals surface area contributed by atoms with Gasteiger partial charge in [0.05, 0.1) is 10.5 Å². The van der Waals surface area contributed by atoms with Crippen molar-refractivity contribution in [3.05, 3.63) is 74.3 Å². The summed E-state index contributed by atoms with van der Waals surface area (Å²) in [5.74, 6) is -0.223. The van der Waals surface area contributed by atoms with Crippen molar-refractivity contribution in [2.45, 2.75) is 27.2 Å². The first-order chi connectivity index (χ1) is 9.88. The van der Waals surface area contributed by atoms with E-state index in [1.807, 2.05) is 39.0 Å². The van der Waals surface area contributed by atoms with Gasteiger partial charge in [0.15, 0.2) is 5.78 Å². The van der Waals surface area contributed by atoms with Crippen LogP contribution in [0.3, 0.4) is 0 Å². The van der Waals surface area contributed by atoms with Gasteiger partial charge in [-0.25, -0.2) is 0 Å². The number of benzene rings is 2. The third kappa shape index (κ3) is 3.34. The molecule has 0 atom stereocenters. The second-order valence-electron chi connectivity index (χ2n) is 5.31. The number of nitro benzene ring substituents is 1. The lowest BCUT2D eigenvalue weighted by Gasteiger charge is -2.07. The number of hydrogen-bond acceptors (Lipinski definition) is 3. The van der Waals surface area contributed by atoms with Gasteiger partial charge in [0.25, 0.3) is 5.69 Å². The van der Waals surface area contributed by atoms with Gasteiger partial charge < -0.3 is 0 Å². The van der Waals surface area contributed by atoms with E-state index in [1.165, 1.54) is 6.07 Å². The fraction of sp³-hybridized carbons (Fsp3) is 0.235. The molecule has 0 aromatic heterocycles. The van der Waals surface area contributed by atoms with E-state index in [2.05, 4.69) is 0 Å². The highest BCUT2D eigenvalue weighted by atomic mass is 16.6. The molecule has 2 aromatic rings. The number of aryl methyl sites for hydroxylation is 3. The Kier molecular flexibility index (Phi) is 4.17. The first kappa shape index (κ1) is 14.9. The van der Waals surface area contributed by atoms with Gasteiger partial charge in [-0.3, -0.25) is 14.9 Å². The maximum absolute atomic E-state index is 12.5. The van der Waals surface area contributed by atoms with Crippen molar-refractivity contribution in [2.75, 3.05) is 0 Å². The van der Waals surface area contributed by atoms with E-state index in [0.717, 1.165) is 22.3 Å². The highest BCUT2D eigenvalue weighted by Crippen LogP contribution is 2.22. The van der Waals surface area contributed by atoms with Gasteiger partial charge in [-0.15, -0.1) is 0 Å². The molecule has 2 aromatic carbocycles. The molecule has 0 fully saturated rings. The summed E-state index contributed by atoms with van der Waals surface area (Å²) >= 11 is 0. The van der Waals surface area contributed by atoms with Crippen molar-refractivity contribution in [2.24, 2.45) is 0 Å². The summed E-state index contributed by atoms with van der Waals surface area (Å²) in [7, 11) is 0. The van der Waals surface area contributed by atoms with Gasteiger partial charge in [-0.2, -0.15) is 0 Å². The van der Waals surface area contributed by atoms with Crippen LogP contribution in [0, 0.1) is 30.9 Å². The Morgan fingerprint density at radius 2 is 1.67 bits per heavy atom. The normalized spacial score (nSPS) is 10.4. The number of ketones is 1. The minimum absolute atomic E-state index is 0.129. The average Bonchev–Trinajstić information content (AvgIpc) is 2.42. The summed E-state index contributed by atoms with van der Waals surface area (Å²) in [6.45, 7) is 5.72. The Morgan fingerprint density at radius 1 is 1.05 bits per heavy atom. The summed E-state index contributed by atoms with van der Waals surface area (Å²) < 4.78 is 0. The standard InChI is InChI=1S/C17H17NO3/c1-11-4-6-13(3)14(8-11)10-17(19)15-9-12(2)5-7-16(15)18(20)21/h4-9H,10H2,1-3H3. The van der Waals surface area contributed by atoms with Crippen molar-refractivity contribution in [3.63, 3.8) is 0 Å². The van der Waals surface area contributed by atoms with E-state index in [4.69, 9.17) is 0 Å². The zero-order chi connectivity index (χ0) is 15.6. The number of nitrogens with zero attached hydrogens (tertiary/aromatic N) is 1. The molecule has 0 unspecified atom stereocenters. The second-order valence-corrected chi connectivity index (χ2v) is 5.31. The molecule has 0 saturated heterocycles. The molecule has 2 rings (SSSR count). The average molecular weight is 283 g/mol. The van der Waals surface area contributed by atoms with Crippen LogP contribution >= 0.6 is 0 Å². The molecule has 4 heteroatoms. The monoisotopic (exact) mass is 283 g/mol. The van der Waals surface area contributed by atoms with Crippen LogP contribution in [0.4, 0.5) is 5.69 Å². The van der Waals surface area contributed by atoms with Crippen molar-refractivity contribution >= 4 is 11.5 Å². The van der Waals surface area contributed by atoms with E-state index in [0.29, 0.717) is 0 Å². The largest absolute Gasteiger partial charge is 0.294 e. The third-order valence-electron chi connectivity index (χ3n) is 3.50. The van der Waals surface area contributed by atoms with Gasteiger partial charge in [0.2, 0.25) is 0 Å². The van der Waals surface area contributed by atoms with Crippen molar-refractivity contribution < 1.29 is 9.72 Å². The highest BCUT2D eigenvalue weighted by Gasteiger charge is 2.20. The molecule has 0 N–H and O–H groups in total. The smallest absolute Gasteiger partial charge is 0.280 e. The topological polar surface area (TPSA) is 60.2 Å². The molecule has 0 heterocycles. The molecular formula is C17H17NO3. The van der Waals surface area contributed by atoms with Crippen molar-refractivity contribution in [1.82, 2.24) is 0 Å². The maximum atomic E-state index is 12.5. The lowest BCUT2D eigenvalue weighted by atomic mass is 9.96. The zero-order valence-corrected chi connectivity index (χ0v) is 12.3. The van der Waals surface area contributed by atoms with Gasteiger partial charge in [0.1, 0.15) is 0 Å². The predicted octanol–water partition coefficient (Wildman–Crippen LogP) is 3.95. The number of carbonyl (C=O) groups is 1. The number of hydrogen-bond donors (Lipinski definition) is 0. The molecule has 0 aliphatic heterocycles. The predicted molar refractivity (Wildman–Crippen MR) is 81.8 cm³/mol. The number of carbonyl (C=O) groups excluding carboxylic acids is 1. The summed E-state index contributed by atoms with van der Waals surface area (Å²) in [6, 6.07) is 10.5. The number of Topliss-reactive ketones (excluding diaryl/α,β-unsaturated/α-hetero) is 1. The lowest BCUT2D eigenvalue weighted by Crippen LogP contribution is -2.08. The van der Waals surface area contributed by atoms with Crippen LogP contribution in [0.2, 0.25) is 0 Å². The summed E-state index contributed by atoms with van der Waals surface area (Å²) in [5.41, 5.74) is 3.89. The third-order valence-corrected chi connectivity index (χ3v) is 3.50. The minimum atomic E-state index is -0.504. The molecular weight excluding hydrogens is 266 g/mol. The molecule has 0 bridgehead atoms. The Hall–Kier alpha value is -2.49. The SMILES string of the molecule is Cc1ccc(C)c(CC(=O)c2cc(C)ccc2[N+](=O)[O-])c1. The van der Waals surface area contributed by atoms with Crippen LogP contribution in [0.1, 0.15) is 32.6 Å². The van der Waals surface area contributed by atoms with E-state index < -0.39 is 4.92 Å². The molecule has 0 aliphatic rings. The van der Waals surface area contributed by atoms with E-state index >= 15 is 0 Å². The quantitative estimate of drug-likeness (QED) is 0.485. The lowest BCUT2D eigenvalue weighted by molar-refractivity contribution is -0.385. The van der Waals surface area contributed by atoms with Gasteiger partial charge in [-0.1, -0.05) is 29.8 Å². The molecule has 21 heavy (non-hydrogen) atoms. The zero-order valence-electron chi connectivity index (χ0n) is 12.3. The molecule has 4 nitrogen and oxygen atoms in total. The van der Waals surface area contributed by atoms with Gasteiger partial charge >= 0.3 is 0 Å². The van der Waals surface area contributed by atoms with E-state index in [9.17, 15) is 14.9 Å². The van der Waals surface area contributed by atoms with Crippen LogP contribution in [0.5, 0.6) is 0 Å². The number of nitro groups is 1. The van der Waals surface area contributed by atoms with E-state index in [1.54, 1.807) is 12.1 Å². The summed E-state index contributed by atoms with van der Waals surface area (Å²) in [5, 5.41) is 11.1. The molecule has 0 radical (unpaired) electrons. The summed E-state index contributed by atoms with van der Waals surface area (Å²) in [4.78, 5) is 23.0. The Morgan fingerprint density at radius 3 is 2.33 bits per heavy atom. The van der Waals surface area contributed by atoms with Gasteiger partial charge in [-0.05, 0) is 43.5 Å². The molecule has 0 spiro atoms. The Bertz CT molecular complexity index is 720. The molecule has 0 saturated carbocycles.